The SMILES string of the molecule is COc1ccc(C(C)CC(=O)NC2CC(N=C=S)C2)cc1. The van der Waals surface area contributed by atoms with Crippen molar-refractivity contribution in [3.8, 4) is 5.75 Å². The first-order valence-electron chi connectivity index (χ1n) is 7.12. The Balaban J connectivity index is 1.78. The number of carbonyl (C=O) groups is 1. The van der Waals surface area contributed by atoms with E-state index in [0.717, 1.165) is 24.2 Å². The number of aliphatic imine (C=N–C) groups is 1. The molecular formula is C16H20N2O2S. The van der Waals surface area contributed by atoms with E-state index in [4.69, 9.17) is 4.74 Å². The zero-order valence-corrected chi connectivity index (χ0v) is 13.2. The van der Waals surface area contributed by atoms with Gasteiger partial charge in [0.25, 0.3) is 0 Å². The average Bonchev–Trinajstić information content (AvgIpc) is 2.45. The van der Waals surface area contributed by atoms with Crippen LogP contribution in [0.2, 0.25) is 0 Å². The van der Waals surface area contributed by atoms with Crippen molar-refractivity contribution < 1.29 is 9.53 Å². The molecule has 1 saturated carbocycles. The molecule has 0 heterocycles. The molecule has 0 radical (unpaired) electrons. The number of carbonyl (C=O) groups excluding carboxylic acids is 1. The number of benzene rings is 1. The van der Waals surface area contributed by atoms with Gasteiger partial charge in [0.05, 0.1) is 18.3 Å². The number of isothiocyanates is 1. The van der Waals surface area contributed by atoms with E-state index < -0.39 is 0 Å². The van der Waals surface area contributed by atoms with Crippen molar-refractivity contribution in [2.24, 2.45) is 4.99 Å². The first-order chi connectivity index (χ1) is 10.1. The monoisotopic (exact) mass is 304 g/mol. The zero-order chi connectivity index (χ0) is 15.2. The van der Waals surface area contributed by atoms with Crippen molar-refractivity contribution in [3.63, 3.8) is 0 Å². The Morgan fingerprint density at radius 2 is 2.14 bits per heavy atom. The van der Waals surface area contributed by atoms with E-state index in [1.807, 2.05) is 24.3 Å². The van der Waals surface area contributed by atoms with Crippen LogP contribution in [0.1, 0.15) is 37.7 Å². The fraction of sp³-hybridized carbons (Fsp3) is 0.500. The third-order valence-corrected chi connectivity index (χ3v) is 4.00. The van der Waals surface area contributed by atoms with Crippen molar-refractivity contribution in [1.29, 1.82) is 0 Å². The number of nitrogens with zero attached hydrogens (tertiary/aromatic N) is 1. The molecule has 21 heavy (non-hydrogen) atoms. The molecule has 1 unspecified atom stereocenters. The Labute approximate surface area is 130 Å². The van der Waals surface area contributed by atoms with Gasteiger partial charge in [-0.15, -0.1) is 0 Å². The lowest BCUT2D eigenvalue weighted by Gasteiger charge is -2.32. The summed E-state index contributed by atoms with van der Waals surface area (Å²) in [4.78, 5) is 16.0. The van der Waals surface area contributed by atoms with Crippen LogP contribution in [0.5, 0.6) is 5.75 Å². The van der Waals surface area contributed by atoms with Gasteiger partial charge in [-0.05, 0) is 48.7 Å². The van der Waals surface area contributed by atoms with Crippen molar-refractivity contribution in [1.82, 2.24) is 5.32 Å². The van der Waals surface area contributed by atoms with Gasteiger partial charge in [0.15, 0.2) is 0 Å². The Morgan fingerprint density at radius 3 is 2.71 bits per heavy atom. The third-order valence-electron chi connectivity index (χ3n) is 3.89. The number of thiocarbonyl (C=S) groups is 1. The van der Waals surface area contributed by atoms with Crippen LogP contribution in [0.4, 0.5) is 0 Å². The molecule has 112 valence electrons. The van der Waals surface area contributed by atoms with Gasteiger partial charge in [-0.25, -0.2) is 4.99 Å². The molecule has 5 heteroatoms. The summed E-state index contributed by atoms with van der Waals surface area (Å²) >= 11 is 4.57. The lowest BCUT2D eigenvalue weighted by molar-refractivity contribution is -0.122. The average molecular weight is 304 g/mol. The summed E-state index contributed by atoms with van der Waals surface area (Å²) in [5, 5.41) is 5.43. The molecule has 1 N–H and O–H groups in total. The molecule has 1 atom stereocenters. The Kier molecular flexibility index (Phi) is 5.48. The van der Waals surface area contributed by atoms with Crippen molar-refractivity contribution in [3.05, 3.63) is 29.8 Å². The maximum atomic E-state index is 12.0. The third kappa shape index (κ3) is 4.38. The number of hydrogen-bond donors (Lipinski definition) is 1. The standard InChI is InChI=1S/C16H20N2O2S/c1-11(12-3-5-15(20-2)6-4-12)7-16(19)18-14-8-13(9-14)17-10-21/h3-6,11,13-14H,7-9H2,1-2H3,(H,18,19). The first-order valence-corrected chi connectivity index (χ1v) is 7.53. The van der Waals surface area contributed by atoms with Crippen molar-refractivity contribution in [2.75, 3.05) is 7.11 Å². The van der Waals surface area contributed by atoms with Crippen molar-refractivity contribution in [2.45, 2.75) is 44.2 Å². The number of ether oxygens (including phenoxy) is 1. The van der Waals surface area contributed by atoms with Gasteiger partial charge >= 0.3 is 0 Å². The normalized spacial score (nSPS) is 21.6. The first kappa shape index (κ1) is 15.7. The molecule has 1 aromatic rings. The molecule has 1 aliphatic carbocycles. The van der Waals surface area contributed by atoms with E-state index in [-0.39, 0.29) is 23.9 Å². The predicted octanol–water partition coefficient (Wildman–Crippen LogP) is 2.94. The summed E-state index contributed by atoms with van der Waals surface area (Å²) in [5.74, 6) is 1.11. The number of nitrogens with one attached hydrogen (secondary N) is 1. The molecule has 1 aromatic carbocycles. The molecule has 0 aliphatic heterocycles. The van der Waals surface area contributed by atoms with Crippen molar-refractivity contribution >= 4 is 23.3 Å². The van der Waals surface area contributed by atoms with Crippen LogP contribution in [0.25, 0.3) is 0 Å². The molecule has 0 aromatic heterocycles. The van der Waals surface area contributed by atoms with Gasteiger partial charge < -0.3 is 10.1 Å². The topological polar surface area (TPSA) is 50.7 Å². The largest absolute Gasteiger partial charge is 0.497 e. The second kappa shape index (κ2) is 7.34. The Bertz CT molecular complexity index is 532. The second-order valence-corrected chi connectivity index (χ2v) is 5.67. The molecule has 0 saturated heterocycles. The van der Waals surface area contributed by atoms with Gasteiger partial charge in [0, 0.05) is 12.5 Å². The summed E-state index contributed by atoms with van der Waals surface area (Å²) in [5.41, 5.74) is 1.14. The number of amides is 1. The van der Waals surface area contributed by atoms with Crippen LogP contribution in [-0.2, 0) is 4.79 Å². The minimum absolute atomic E-state index is 0.0908. The number of hydrogen-bond acceptors (Lipinski definition) is 4. The van der Waals surface area contributed by atoms with Gasteiger partial charge in [0.1, 0.15) is 5.75 Å². The number of rotatable bonds is 6. The van der Waals surface area contributed by atoms with E-state index in [0.29, 0.717) is 6.42 Å². The van der Waals surface area contributed by atoms with Gasteiger partial charge in [-0.2, -0.15) is 0 Å². The molecular weight excluding hydrogens is 284 g/mol. The fourth-order valence-electron chi connectivity index (χ4n) is 2.50. The van der Waals surface area contributed by atoms with E-state index in [1.54, 1.807) is 7.11 Å². The number of methoxy groups -OCH3 is 1. The zero-order valence-electron chi connectivity index (χ0n) is 12.3. The maximum absolute atomic E-state index is 12.0. The minimum atomic E-state index is 0.0908. The molecule has 2 rings (SSSR count). The summed E-state index contributed by atoms with van der Waals surface area (Å²) in [7, 11) is 1.64. The van der Waals surface area contributed by atoms with Gasteiger partial charge in [-0.3, -0.25) is 4.79 Å². The lowest BCUT2D eigenvalue weighted by Crippen LogP contribution is -2.46. The van der Waals surface area contributed by atoms with Crippen LogP contribution in [-0.4, -0.2) is 30.3 Å². The van der Waals surface area contributed by atoms with E-state index >= 15 is 0 Å². The fourth-order valence-corrected chi connectivity index (χ4v) is 2.65. The maximum Gasteiger partial charge on any atom is 0.220 e. The molecule has 0 spiro atoms. The highest BCUT2D eigenvalue weighted by atomic mass is 32.1. The highest BCUT2D eigenvalue weighted by Gasteiger charge is 2.30. The quantitative estimate of drug-likeness (QED) is 0.649. The van der Waals surface area contributed by atoms with Crippen LogP contribution >= 0.6 is 12.2 Å². The van der Waals surface area contributed by atoms with Gasteiger partial charge in [-0.1, -0.05) is 19.1 Å². The predicted molar refractivity (Wildman–Crippen MR) is 86.0 cm³/mol. The molecule has 1 amide bonds. The summed E-state index contributed by atoms with van der Waals surface area (Å²) in [6.07, 6.45) is 2.22. The summed E-state index contributed by atoms with van der Waals surface area (Å²) < 4.78 is 5.13. The van der Waals surface area contributed by atoms with Crippen LogP contribution in [0.15, 0.2) is 29.3 Å². The van der Waals surface area contributed by atoms with Crippen LogP contribution in [0.3, 0.4) is 0 Å². The summed E-state index contributed by atoms with van der Waals surface area (Å²) in [6, 6.07) is 8.33. The van der Waals surface area contributed by atoms with Gasteiger partial charge in [0.2, 0.25) is 5.91 Å². The molecule has 1 fully saturated rings. The smallest absolute Gasteiger partial charge is 0.220 e. The Hall–Kier alpha value is -1.71. The summed E-state index contributed by atoms with van der Waals surface area (Å²) in [6.45, 7) is 2.06. The highest BCUT2D eigenvalue weighted by Crippen LogP contribution is 2.25. The lowest BCUT2D eigenvalue weighted by atomic mass is 9.87. The molecule has 0 bridgehead atoms. The minimum Gasteiger partial charge on any atom is -0.497 e. The van der Waals surface area contributed by atoms with Crippen LogP contribution in [0, 0.1) is 0 Å². The van der Waals surface area contributed by atoms with Crippen LogP contribution < -0.4 is 10.1 Å². The van der Waals surface area contributed by atoms with E-state index in [2.05, 4.69) is 34.6 Å². The molecule has 1 aliphatic rings. The Morgan fingerprint density at radius 1 is 1.48 bits per heavy atom. The highest BCUT2D eigenvalue weighted by molar-refractivity contribution is 7.78. The van der Waals surface area contributed by atoms with E-state index in [1.165, 1.54) is 0 Å². The second-order valence-electron chi connectivity index (χ2n) is 5.49. The van der Waals surface area contributed by atoms with E-state index in [9.17, 15) is 4.79 Å². The molecule has 4 nitrogen and oxygen atoms in total.